The highest BCUT2D eigenvalue weighted by atomic mass is 17.2. The summed E-state index contributed by atoms with van der Waals surface area (Å²) >= 11 is 0. The monoisotopic (exact) mass is 230 g/mol. The van der Waals surface area contributed by atoms with Crippen LogP contribution in [0.1, 0.15) is 33.6 Å². The van der Waals surface area contributed by atoms with Crippen LogP contribution in [0.15, 0.2) is 12.7 Å². The third-order valence-electron chi connectivity index (χ3n) is 2.31. The van der Waals surface area contributed by atoms with Crippen molar-refractivity contribution in [2.45, 2.75) is 33.6 Å². The Balaban J connectivity index is 3.45. The van der Waals surface area contributed by atoms with Gasteiger partial charge in [-0.2, -0.15) is 0 Å². The Hall–Kier alpha value is -0.870. The highest BCUT2D eigenvalue weighted by molar-refractivity contribution is 5.75. The first-order valence-electron chi connectivity index (χ1n) is 5.57. The van der Waals surface area contributed by atoms with E-state index < -0.39 is 5.41 Å². The molecule has 4 nitrogen and oxygen atoms in total. The van der Waals surface area contributed by atoms with Crippen LogP contribution >= 0.6 is 0 Å². The zero-order valence-corrected chi connectivity index (χ0v) is 10.5. The second-order valence-corrected chi connectivity index (χ2v) is 4.12. The molecule has 0 rings (SSSR count). The quantitative estimate of drug-likeness (QED) is 0.201. The summed E-state index contributed by atoms with van der Waals surface area (Å²) in [6, 6.07) is 0. The Labute approximate surface area is 97.5 Å². The summed E-state index contributed by atoms with van der Waals surface area (Å²) < 4.78 is 5.11. The lowest BCUT2D eigenvalue weighted by atomic mass is 9.91. The summed E-state index contributed by atoms with van der Waals surface area (Å²) in [5, 5.41) is 0. The molecule has 0 saturated carbocycles. The van der Waals surface area contributed by atoms with Crippen LogP contribution in [0.3, 0.4) is 0 Å². The van der Waals surface area contributed by atoms with Crippen molar-refractivity contribution in [3.05, 3.63) is 12.7 Å². The molecule has 0 aromatic rings. The van der Waals surface area contributed by atoms with Crippen molar-refractivity contribution >= 4 is 5.97 Å². The van der Waals surface area contributed by atoms with E-state index in [9.17, 15) is 4.79 Å². The number of hydrogen-bond acceptors (Lipinski definition) is 4. The van der Waals surface area contributed by atoms with Gasteiger partial charge in [-0.3, -0.25) is 4.79 Å². The molecule has 0 heterocycles. The van der Waals surface area contributed by atoms with Crippen molar-refractivity contribution in [2.24, 2.45) is 5.41 Å². The van der Waals surface area contributed by atoms with E-state index in [-0.39, 0.29) is 5.97 Å². The normalized spacial score (nSPS) is 11.2. The number of carbonyl (C=O) groups is 1. The van der Waals surface area contributed by atoms with Gasteiger partial charge in [-0.15, -0.1) is 6.58 Å². The number of esters is 1. The summed E-state index contributed by atoms with van der Waals surface area (Å²) in [7, 11) is 0. The Bertz CT molecular complexity index is 211. The lowest BCUT2D eigenvalue weighted by Crippen LogP contribution is -2.26. The van der Waals surface area contributed by atoms with Crippen molar-refractivity contribution in [3.63, 3.8) is 0 Å². The molecule has 94 valence electrons. The van der Waals surface area contributed by atoms with E-state index in [0.717, 1.165) is 6.42 Å². The Morgan fingerprint density at radius 3 is 2.56 bits per heavy atom. The standard InChI is InChI=1S/C12H22O4/c1-5-8-15-16-10-7-9-14-11(13)12(3,4)6-2/h5H,1,6-10H2,2-4H3. The average Bonchev–Trinajstić information content (AvgIpc) is 2.27. The van der Waals surface area contributed by atoms with Gasteiger partial charge < -0.3 is 4.74 Å². The molecule has 0 aliphatic carbocycles. The van der Waals surface area contributed by atoms with E-state index >= 15 is 0 Å². The van der Waals surface area contributed by atoms with Crippen molar-refractivity contribution in [3.8, 4) is 0 Å². The maximum absolute atomic E-state index is 11.5. The maximum Gasteiger partial charge on any atom is 0.311 e. The van der Waals surface area contributed by atoms with Crippen LogP contribution in [0.25, 0.3) is 0 Å². The molecule has 4 heteroatoms. The van der Waals surface area contributed by atoms with Crippen molar-refractivity contribution < 1.29 is 19.3 Å². The van der Waals surface area contributed by atoms with Gasteiger partial charge in [0, 0.05) is 6.42 Å². The number of rotatable bonds is 9. The number of carbonyl (C=O) groups excluding carboxylic acids is 1. The van der Waals surface area contributed by atoms with Crippen LogP contribution < -0.4 is 0 Å². The molecule has 0 N–H and O–H groups in total. The van der Waals surface area contributed by atoms with E-state index in [2.05, 4.69) is 6.58 Å². The van der Waals surface area contributed by atoms with E-state index in [1.54, 1.807) is 6.08 Å². The Kier molecular flexibility index (Phi) is 7.85. The van der Waals surface area contributed by atoms with Gasteiger partial charge in [0.1, 0.15) is 6.61 Å². The van der Waals surface area contributed by atoms with Gasteiger partial charge >= 0.3 is 5.97 Å². The van der Waals surface area contributed by atoms with Gasteiger partial charge in [0.05, 0.1) is 18.6 Å². The largest absolute Gasteiger partial charge is 0.465 e. The molecule has 0 aromatic carbocycles. The molecule has 0 bridgehead atoms. The molecular weight excluding hydrogens is 208 g/mol. The maximum atomic E-state index is 11.5. The number of ether oxygens (including phenoxy) is 1. The molecule has 0 aliphatic rings. The second-order valence-electron chi connectivity index (χ2n) is 4.12. The fourth-order valence-electron chi connectivity index (χ4n) is 0.778. The predicted molar refractivity (Wildman–Crippen MR) is 61.7 cm³/mol. The minimum absolute atomic E-state index is 0.165. The third-order valence-corrected chi connectivity index (χ3v) is 2.31. The van der Waals surface area contributed by atoms with Gasteiger partial charge in [-0.25, -0.2) is 9.78 Å². The average molecular weight is 230 g/mol. The first-order chi connectivity index (χ1) is 7.54. The van der Waals surface area contributed by atoms with Gasteiger partial charge in [-0.1, -0.05) is 13.0 Å². The van der Waals surface area contributed by atoms with Crippen LogP contribution in [-0.4, -0.2) is 25.8 Å². The Morgan fingerprint density at radius 1 is 1.31 bits per heavy atom. The van der Waals surface area contributed by atoms with Crippen LogP contribution in [0, 0.1) is 5.41 Å². The van der Waals surface area contributed by atoms with Crippen molar-refractivity contribution in [2.75, 3.05) is 19.8 Å². The minimum Gasteiger partial charge on any atom is -0.465 e. The second kappa shape index (κ2) is 8.30. The minimum atomic E-state index is -0.403. The summed E-state index contributed by atoms with van der Waals surface area (Å²) in [5.74, 6) is -0.165. The first-order valence-corrected chi connectivity index (χ1v) is 5.57. The summed E-state index contributed by atoms with van der Waals surface area (Å²) in [4.78, 5) is 21.0. The van der Waals surface area contributed by atoms with Crippen molar-refractivity contribution in [1.29, 1.82) is 0 Å². The van der Waals surface area contributed by atoms with E-state index in [1.165, 1.54) is 0 Å². The SMILES string of the molecule is C=CCOOCCCOC(=O)C(C)(C)CC. The summed E-state index contributed by atoms with van der Waals surface area (Å²) in [6.07, 6.45) is 3.00. The molecule has 0 radical (unpaired) electrons. The lowest BCUT2D eigenvalue weighted by Gasteiger charge is -2.20. The molecule has 0 atom stereocenters. The van der Waals surface area contributed by atoms with Crippen LogP contribution in [-0.2, 0) is 19.3 Å². The predicted octanol–water partition coefficient (Wildman–Crippen LogP) is 2.49. The fraction of sp³-hybridized carbons (Fsp3) is 0.750. The molecule has 0 aliphatic heterocycles. The topological polar surface area (TPSA) is 44.8 Å². The number of hydrogen-bond donors (Lipinski definition) is 0. The third kappa shape index (κ3) is 6.58. The smallest absolute Gasteiger partial charge is 0.311 e. The van der Waals surface area contributed by atoms with E-state index in [1.807, 2.05) is 20.8 Å². The van der Waals surface area contributed by atoms with Gasteiger partial charge in [0.2, 0.25) is 0 Å². The van der Waals surface area contributed by atoms with Crippen LogP contribution in [0.4, 0.5) is 0 Å². The van der Waals surface area contributed by atoms with E-state index in [0.29, 0.717) is 26.2 Å². The molecule has 0 amide bonds. The highest BCUT2D eigenvalue weighted by Crippen LogP contribution is 2.21. The fourth-order valence-corrected chi connectivity index (χ4v) is 0.778. The highest BCUT2D eigenvalue weighted by Gasteiger charge is 2.26. The molecule has 16 heavy (non-hydrogen) atoms. The van der Waals surface area contributed by atoms with E-state index in [4.69, 9.17) is 14.5 Å². The summed E-state index contributed by atoms with van der Waals surface area (Å²) in [5.41, 5.74) is -0.403. The van der Waals surface area contributed by atoms with Gasteiger partial charge in [0.25, 0.3) is 0 Å². The molecule has 0 unspecified atom stereocenters. The van der Waals surface area contributed by atoms with Gasteiger partial charge in [0.15, 0.2) is 0 Å². The van der Waals surface area contributed by atoms with Crippen molar-refractivity contribution in [1.82, 2.24) is 0 Å². The lowest BCUT2D eigenvalue weighted by molar-refractivity contribution is -0.287. The zero-order valence-electron chi connectivity index (χ0n) is 10.5. The van der Waals surface area contributed by atoms with Crippen LogP contribution in [0.2, 0.25) is 0 Å². The molecule has 0 fully saturated rings. The first kappa shape index (κ1) is 15.1. The summed E-state index contributed by atoms with van der Waals surface area (Å²) in [6.45, 7) is 10.3. The molecule has 0 aromatic heterocycles. The van der Waals surface area contributed by atoms with Crippen LogP contribution in [0.5, 0.6) is 0 Å². The van der Waals surface area contributed by atoms with Gasteiger partial charge in [-0.05, 0) is 20.3 Å². The molecular formula is C12H22O4. The molecule has 0 saturated heterocycles. The molecule has 0 spiro atoms. The Morgan fingerprint density at radius 2 is 2.00 bits per heavy atom. The zero-order chi connectivity index (χ0) is 12.4.